The normalized spacial score (nSPS) is 11.2. The number of hydrogen-bond donors (Lipinski definition) is 0. The van der Waals surface area contributed by atoms with E-state index in [9.17, 15) is 4.79 Å². The van der Waals surface area contributed by atoms with Gasteiger partial charge in [0.05, 0.1) is 37.6 Å². The van der Waals surface area contributed by atoms with Crippen LogP contribution in [0.2, 0.25) is 10.2 Å². The first kappa shape index (κ1) is 21.2. The molecule has 0 aliphatic carbocycles. The van der Waals surface area contributed by atoms with Gasteiger partial charge in [0.2, 0.25) is 0 Å². The number of halogens is 2. The lowest BCUT2D eigenvalue weighted by Crippen LogP contribution is -2.24. The van der Waals surface area contributed by atoms with E-state index in [2.05, 4.69) is 20.4 Å². The zero-order valence-electron chi connectivity index (χ0n) is 17.4. The van der Waals surface area contributed by atoms with Gasteiger partial charge in [0, 0.05) is 16.0 Å². The molecule has 0 N–H and O–H groups in total. The lowest BCUT2D eigenvalue weighted by atomic mass is 10.1. The quantitative estimate of drug-likeness (QED) is 0.344. The van der Waals surface area contributed by atoms with Crippen molar-refractivity contribution in [3.8, 4) is 11.4 Å². The van der Waals surface area contributed by atoms with Crippen molar-refractivity contribution in [2.45, 2.75) is 13.1 Å². The molecule has 0 saturated heterocycles. The third kappa shape index (κ3) is 4.33. The molecule has 0 atom stereocenters. The summed E-state index contributed by atoms with van der Waals surface area (Å²) in [5.74, 6) is 0.702. The van der Waals surface area contributed by atoms with E-state index in [-0.39, 0.29) is 12.2 Å². The number of fused-ring (bicyclic) bond motifs is 1. The SMILES string of the molecule is COc1ccc(-n2ncn(Cc3cn(Cc4cc5ccc(Cl)cc5nc4Cl)nn3)c2=O)cc1. The number of aromatic nitrogens is 7. The minimum Gasteiger partial charge on any atom is -0.497 e. The van der Waals surface area contributed by atoms with Crippen LogP contribution in [-0.4, -0.2) is 41.4 Å². The van der Waals surface area contributed by atoms with Gasteiger partial charge < -0.3 is 4.74 Å². The summed E-state index contributed by atoms with van der Waals surface area (Å²) < 4.78 is 9.58. The first-order valence-electron chi connectivity index (χ1n) is 9.93. The standard InChI is InChI=1S/C22H17Cl2N7O2/c1-33-19-6-4-18(5-7-19)31-22(32)29(13-25-31)11-17-12-30(28-27-17)10-15-8-14-2-3-16(23)9-20(14)26-21(15)24/h2-9,12-13H,10-11H2,1H3. The van der Waals surface area contributed by atoms with Gasteiger partial charge in [0.15, 0.2) is 0 Å². The Morgan fingerprint density at radius 3 is 2.64 bits per heavy atom. The molecule has 5 rings (SSSR count). The maximum Gasteiger partial charge on any atom is 0.350 e. The summed E-state index contributed by atoms with van der Waals surface area (Å²) in [5, 5.41) is 14.4. The molecule has 0 unspecified atom stereocenters. The molecule has 0 spiro atoms. The summed E-state index contributed by atoms with van der Waals surface area (Å²) in [4.78, 5) is 17.2. The molecule has 33 heavy (non-hydrogen) atoms. The number of pyridine rings is 1. The maximum absolute atomic E-state index is 12.8. The van der Waals surface area contributed by atoms with Crippen molar-refractivity contribution in [2.24, 2.45) is 0 Å². The van der Waals surface area contributed by atoms with Crippen LogP contribution in [0.3, 0.4) is 0 Å². The highest BCUT2D eigenvalue weighted by molar-refractivity contribution is 6.32. The first-order valence-corrected chi connectivity index (χ1v) is 10.7. The summed E-state index contributed by atoms with van der Waals surface area (Å²) in [5.41, 5.74) is 2.50. The Bertz CT molecular complexity index is 1510. The van der Waals surface area contributed by atoms with Gasteiger partial charge in [-0.05, 0) is 42.5 Å². The zero-order valence-corrected chi connectivity index (χ0v) is 18.9. The summed E-state index contributed by atoms with van der Waals surface area (Å²) in [6.45, 7) is 0.620. The van der Waals surface area contributed by atoms with Crippen molar-refractivity contribution >= 4 is 34.1 Å². The van der Waals surface area contributed by atoms with Crippen molar-refractivity contribution in [2.75, 3.05) is 7.11 Å². The van der Waals surface area contributed by atoms with E-state index in [1.165, 1.54) is 15.6 Å². The van der Waals surface area contributed by atoms with E-state index in [4.69, 9.17) is 27.9 Å². The van der Waals surface area contributed by atoms with E-state index >= 15 is 0 Å². The summed E-state index contributed by atoms with van der Waals surface area (Å²) >= 11 is 12.4. The highest BCUT2D eigenvalue weighted by atomic mass is 35.5. The van der Waals surface area contributed by atoms with Crippen molar-refractivity contribution in [1.29, 1.82) is 0 Å². The van der Waals surface area contributed by atoms with Crippen molar-refractivity contribution in [1.82, 2.24) is 34.3 Å². The lowest BCUT2D eigenvalue weighted by molar-refractivity contribution is 0.414. The van der Waals surface area contributed by atoms with Gasteiger partial charge in [0.25, 0.3) is 0 Å². The number of nitrogens with zero attached hydrogens (tertiary/aromatic N) is 7. The van der Waals surface area contributed by atoms with Crippen LogP contribution in [-0.2, 0) is 13.1 Å². The van der Waals surface area contributed by atoms with E-state index in [1.54, 1.807) is 54.4 Å². The third-order valence-electron chi connectivity index (χ3n) is 5.11. The Hall–Kier alpha value is -3.69. The van der Waals surface area contributed by atoms with Gasteiger partial charge >= 0.3 is 5.69 Å². The fraction of sp³-hybridized carbons (Fsp3) is 0.136. The van der Waals surface area contributed by atoms with Crippen LogP contribution in [0, 0.1) is 0 Å². The van der Waals surface area contributed by atoms with E-state index < -0.39 is 0 Å². The largest absolute Gasteiger partial charge is 0.497 e. The molecule has 0 fully saturated rings. The number of benzene rings is 2. The van der Waals surface area contributed by atoms with Crippen molar-refractivity contribution < 1.29 is 4.74 Å². The molecule has 0 aliphatic rings. The lowest BCUT2D eigenvalue weighted by Gasteiger charge is -2.06. The highest BCUT2D eigenvalue weighted by Gasteiger charge is 2.12. The molecule has 9 nitrogen and oxygen atoms in total. The van der Waals surface area contributed by atoms with Crippen LogP contribution in [0.5, 0.6) is 5.75 Å². The molecule has 2 aromatic carbocycles. The minimum absolute atomic E-state index is 0.233. The van der Waals surface area contributed by atoms with Gasteiger partial charge in [0.1, 0.15) is 22.9 Å². The van der Waals surface area contributed by atoms with Gasteiger partial charge in [-0.1, -0.05) is 34.5 Å². The third-order valence-corrected chi connectivity index (χ3v) is 5.67. The van der Waals surface area contributed by atoms with Crippen LogP contribution in [0.15, 0.2) is 65.8 Å². The maximum atomic E-state index is 12.8. The molecular weight excluding hydrogens is 465 g/mol. The summed E-state index contributed by atoms with van der Waals surface area (Å²) in [6.07, 6.45) is 3.24. The molecular formula is C22H17Cl2N7O2. The number of rotatable bonds is 6. The van der Waals surface area contributed by atoms with Gasteiger partial charge in [-0.25, -0.2) is 14.5 Å². The Morgan fingerprint density at radius 2 is 1.85 bits per heavy atom. The summed E-state index contributed by atoms with van der Waals surface area (Å²) in [6, 6.07) is 14.5. The smallest absolute Gasteiger partial charge is 0.350 e. The van der Waals surface area contributed by atoms with E-state index in [0.29, 0.717) is 33.9 Å². The average Bonchev–Trinajstić information content (AvgIpc) is 3.41. The fourth-order valence-corrected chi connectivity index (χ4v) is 3.82. The van der Waals surface area contributed by atoms with Crippen LogP contribution >= 0.6 is 23.2 Å². The van der Waals surface area contributed by atoms with Gasteiger partial charge in [-0.15, -0.1) is 5.10 Å². The Balaban J connectivity index is 1.34. The molecule has 0 amide bonds. The van der Waals surface area contributed by atoms with Crippen LogP contribution < -0.4 is 10.4 Å². The van der Waals surface area contributed by atoms with Crippen molar-refractivity contribution in [3.63, 3.8) is 0 Å². The van der Waals surface area contributed by atoms with Crippen molar-refractivity contribution in [3.05, 3.63) is 93.0 Å². The molecule has 0 radical (unpaired) electrons. The highest BCUT2D eigenvalue weighted by Crippen LogP contribution is 2.24. The van der Waals surface area contributed by atoms with Gasteiger partial charge in [-0.3, -0.25) is 4.57 Å². The van der Waals surface area contributed by atoms with E-state index in [0.717, 1.165) is 16.5 Å². The van der Waals surface area contributed by atoms with Gasteiger partial charge in [-0.2, -0.15) is 9.78 Å². The second-order valence-electron chi connectivity index (χ2n) is 7.33. The minimum atomic E-state index is -0.282. The molecule has 0 saturated carbocycles. The second-order valence-corrected chi connectivity index (χ2v) is 8.13. The van der Waals surface area contributed by atoms with E-state index in [1.807, 2.05) is 12.1 Å². The number of methoxy groups -OCH3 is 1. The first-order chi connectivity index (χ1) is 16.0. The molecule has 5 aromatic rings. The average molecular weight is 482 g/mol. The van der Waals surface area contributed by atoms with Crippen LogP contribution in [0.25, 0.3) is 16.6 Å². The Morgan fingerprint density at radius 1 is 1.03 bits per heavy atom. The number of ether oxygens (including phenoxy) is 1. The second kappa shape index (κ2) is 8.68. The summed E-state index contributed by atoms with van der Waals surface area (Å²) in [7, 11) is 1.59. The van der Waals surface area contributed by atoms with Crippen LogP contribution in [0.4, 0.5) is 0 Å². The fourth-order valence-electron chi connectivity index (χ4n) is 3.45. The zero-order chi connectivity index (χ0) is 22.9. The van der Waals surface area contributed by atoms with Crippen LogP contribution in [0.1, 0.15) is 11.3 Å². The molecule has 3 heterocycles. The predicted molar refractivity (Wildman–Crippen MR) is 124 cm³/mol. The molecule has 166 valence electrons. The number of hydrogen-bond acceptors (Lipinski definition) is 6. The topological polar surface area (TPSA) is 92.7 Å². The monoisotopic (exact) mass is 481 g/mol. The Kier molecular flexibility index (Phi) is 5.57. The molecule has 0 bridgehead atoms. The molecule has 11 heteroatoms. The molecule has 0 aliphatic heterocycles. The Labute approximate surface area is 197 Å². The predicted octanol–water partition coefficient (Wildman–Crippen LogP) is 3.59. The molecule has 3 aromatic heterocycles.